The molecule has 4 nitrogen and oxygen atoms in total. The van der Waals surface area contributed by atoms with E-state index in [-0.39, 0.29) is 23.1 Å². The van der Waals surface area contributed by atoms with Gasteiger partial charge in [-0.15, -0.1) is 0 Å². The van der Waals surface area contributed by atoms with Crippen LogP contribution in [0.3, 0.4) is 0 Å². The number of rotatable bonds is 7. The topological polar surface area (TPSA) is 44.8 Å². The first-order valence-electron chi connectivity index (χ1n) is 8.43. The zero-order chi connectivity index (χ0) is 17.0. The summed E-state index contributed by atoms with van der Waals surface area (Å²) in [6.07, 6.45) is 3.21. The fraction of sp³-hybridized carbons (Fsp3) is 0.944. The Morgan fingerprint density at radius 1 is 1.14 bits per heavy atom. The van der Waals surface area contributed by atoms with Crippen LogP contribution in [0.1, 0.15) is 67.7 Å². The van der Waals surface area contributed by atoms with Crippen LogP contribution in [0, 0.1) is 10.8 Å². The number of hydrogen-bond acceptors (Lipinski definition) is 4. The second-order valence-corrected chi connectivity index (χ2v) is 8.38. The third-order valence-electron chi connectivity index (χ3n) is 4.52. The number of ether oxygens (including phenoxy) is 3. The molecule has 2 atom stereocenters. The summed E-state index contributed by atoms with van der Waals surface area (Å²) in [5.74, 6) is -0.162. The van der Waals surface area contributed by atoms with Crippen molar-refractivity contribution >= 4 is 5.97 Å². The minimum atomic E-state index is -0.466. The molecule has 0 amide bonds. The number of esters is 1. The monoisotopic (exact) mass is 314 g/mol. The van der Waals surface area contributed by atoms with E-state index in [0.29, 0.717) is 13.2 Å². The summed E-state index contributed by atoms with van der Waals surface area (Å²) in [4.78, 5) is 12.0. The Labute approximate surface area is 135 Å². The van der Waals surface area contributed by atoms with E-state index in [1.807, 2.05) is 20.8 Å². The van der Waals surface area contributed by atoms with Gasteiger partial charge >= 0.3 is 5.97 Å². The maximum absolute atomic E-state index is 12.0. The molecule has 0 aromatic heterocycles. The second kappa shape index (κ2) is 7.31. The molecule has 0 bridgehead atoms. The van der Waals surface area contributed by atoms with Crippen LogP contribution in [0.4, 0.5) is 0 Å². The molecule has 2 unspecified atom stereocenters. The van der Waals surface area contributed by atoms with E-state index in [1.165, 1.54) is 0 Å². The third-order valence-corrected chi connectivity index (χ3v) is 4.52. The van der Waals surface area contributed by atoms with Crippen LogP contribution in [0.15, 0.2) is 0 Å². The summed E-state index contributed by atoms with van der Waals surface area (Å²) in [6, 6.07) is 0. The number of carbonyl (C=O) groups excluding carboxylic acids is 1. The van der Waals surface area contributed by atoms with Crippen molar-refractivity contribution in [2.45, 2.75) is 79.4 Å². The second-order valence-electron chi connectivity index (χ2n) is 8.38. The van der Waals surface area contributed by atoms with Crippen LogP contribution in [0.5, 0.6) is 0 Å². The van der Waals surface area contributed by atoms with Gasteiger partial charge in [0.25, 0.3) is 0 Å². The maximum Gasteiger partial charge on any atom is 0.311 e. The molecule has 0 aromatic rings. The molecule has 0 aliphatic carbocycles. The zero-order valence-corrected chi connectivity index (χ0v) is 15.5. The van der Waals surface area contributed by atoms with Crippen molar-refractivity contribution < 1.29 is 19.0 Å². The molecule has 0 aromatic carbocycles. The average Bonchev–Trinajstić information content (AvgIpc) is 2.96. The molecule has 0 saturated carbocycles. The highest BCUT2D eigenvalue weighted by atomic mass is 16.6. The lowest BCUT2D eigenvalue weighted by Crippen LogP contribution is -2.43. The Kier molecular flexibility index (Phi) is 6.46. The zero-order valence-electron chi connectivity index (χ0n) is 15.5. The minimum Gasteiger partial charge on any atom is -0.465 e. The van der Waals surface area contributed by atoms with Crippen molar-refractivity contribution in [3.63, 3.8) is 0 Å². The standard InChI is InChI=1S/C18H34O4/c1-8-18(7,12-21-15(19)16(2,3)4)13-22-17(5,6)14-10-9-11-20-14/h14H,8-13H2,1-7H3. The Morgan fingerprint density at radius 2 is 1.77 bits per heavy atom. The molecular formula is C18H34O4. The molecule has 1 heterocycles. The van der Waals surface area contributed by atoms with E-state index in [2.05, 4.69) is 27.7 Å². The van der Waals surface area contributed by atoms with Crippen LogP contribution in [-0.2, 0) is 19.0 Å². The van der Waals surface area contributed by atoms with Crippen molar-refractivity contribution in [3.8, 4) is 0 Å². The van der Waals surface area contributed by atoms with Crippen molar-refractivity contribution in [2.75, 3.05) is 19.8 Å². The number of carbonyl (C=O) groups is 1. The summed E-state index contributed by atoms with van der Waals surface area (Å²) in [6.45, 7) is 15.8. The lowest BCUT2D eigenvalue weighted by molar-refractivity contribution is -0.163. The van der Waals surface area contributed by atoms with Gasteiger partial charge < -0.3 is 14.2 Å². The van der Waals surface area contributed by atoms with Gasteiger partial charge in [0.15, 0.2) is 0 Å². The molecule has 1 aliphatic rings. The third kappa shape index (κ3) is 5.54. The van der Waals surface area contributed by atoms with Gasteiger partial charge in [0, 0.05) is 12.0 Å². The SMILES string of the molecule is CCC(C)(COC(=O)C(C)(C)C)COC(C)(C)C1CCCO1. The summed E-state index contributed by atoms with van der Waals surface area (Å²) in [5, 5.41) is 0. The smallest absolute Gasteiger partial charge is 0.311 e. The van der Waals surface area contributed by atoms with Gasteiger partial charge in [-0.3, -0.25) is 4.79 Å². The highest BCUT2D eigenvalue weighted by Crippen LogP contribution is 2.31. The first-order valence-corrected chi connectivity index (χ1v) is 8.43. The molecule has 1 fully saturated rings. The molecule has 1 aliphatic heterocycles. The molecule has 0 spiro atoms. The quantitative estimate of drug-likeness (QED) is 0.667. The fourth-order valence-corrected chi connectivity index (χ4v) is 2.28. The van der Waals surface area contributed by atoms with Gasteiger partial charge in [-0.05, 0) is 53.9 Å². The molecular weight excluding hydrogens is 280 g/mol. The van der Waals surface area contributed by atoms with Gasteiger partial charge in [-0.1, -0.05) is 13.8 Å². The molecule has 0 N–H and O–H groups in total. The van der Waals surface area contributed by atoms with E-state index in [9.17, 15) is 4.79 Å². The lowest BCUT2D eigenvalue weighted by atomic mass is 9.88. The average molecular weight is 314 g/mol. The predicted octanol–water partition coefficient (Wildman–Crippen LogP) is 3.97. The van der Waals surface area contributed by atoms with E-state index in [1.54, 1.807) is 0 Å². The van der Waals surface area contributed by atoms with E-state index in [0.717, 1.165) is 25.9 Å². The first-order chi connectivity index (χ1) is 10.0. The molecule has 4 heteroatoms. The fourth-order valence-electron chi connectivity index (χ4n) is 2.28. The Balaban J connectivity index is 2.53. The Hall–Kier alpha value is -0.610. The van der Waals surface area contributed by atoms with Gasteiger partial charge in [0.1, 0.15) is 0 Å². The Bertz CT molecular complexity index is 364. The number of hydrogen-bond donors (Lipinski definition) is 0. The largest absolute Gasteiger partial charge is 0.465 e. The van der Waals surface area contributed by atoms with Crippen LogP contribution < -0.4 is 0 Å². The molecule has 0 radical (unpaired) electrons. The highest BCUT2D eigenvalue weighted by Gasteiger charge is 2.37. The molecule has 1 rings (SSSR count). The van der Waals surface area contributed by atoms with E-state index >= 15 is 0 Å². The lowest BCUT2D eigenvalue weighted by Gasteiger charge is -2.36. The molecule has 22 heavy (non-hydrogen) atoms. The molecule has 1 saturated heterocycles. The first kappa shape index (κ1) is 19.4. The van der Waals surface area contributed by atoms with Crippen molar-refractivity contribution in [1.82, 2.24) is 0 Å². The summed E-state index contributed by atoms with van der Waals surface area (Å²) >= 11 is 0. The van der Waals surface area contributed by atoms with Gasteiger partial charge in [-0.25, -0.2) is 0 Å². The van der Waals surface area contributed by atoms with Crippen molar-refractivity contribution in [3.05, 3.63) is 0 Å². The van der Waals surface area contributed by atoms with Crippen LogP contribution in [0.25, 0.3) is 0 Å². The van der Waals surface area contributed by atoms with Crippen molar-refractivity contribution in [2.24, 2.45) is 10.8 Å². The summed E-state index contributed by atoms with van der Waals surface area (Å²) in [7, 11) is 0. The minimum absolute atomic E-state index is 0.158. The van der Waals surface area contributed by atoms with Gasteiger partial charge in [-0.2, -0.15) is 0 Å². The van der Waals surface area contributed by atoms with E-state index < -0.39 is 5.41 Å². The van der Waals surface area contributed by atoms with Crippen LogP contribution >= 0.6 is 0 Å². The predicted molar refractivity (Wildman–Crippen MR) is 87.8 cm³/mol. The van der Waals surface area contributed by atoms with E-state index in [4.69, 9.17) is 14.2 Å². The summed E-state index contributed by atoms with van der Waals surface area (Å²) in [5.41, 5.74) is -0.940. The summed E-state index contributed by atoms with van der Waals surface area (Å²) < 4.78 is 17.4. The highest BCUT2D eigenvalue weighted by molar-refractivity contribution is 5.75. The van der Waals surface area contributed by atoms with Crippen molar-refractivity contribution in [1.29, 1.82) is 0 Å². The maximum atomic E-state index is 12.0. The van der Waals surface area contributed by atoms with Crippen LogP contribution in [-0.4, -0.2) is 37.5 Å². The van der Waals surface area contributed by atoms with Gasteiger partial charge in [0.05, 0.1) is 30.3 Å². The van der Waals surface area contributed by atoms with Crippen LogP contribution in [0.2, 0.25) is 0 Å². The molecule has 130 valence electrons. The Morgan fingerprint density at radius 3 is 2.23 bits per heavy atom. The normalized spacial score (nSPS) is 22.4. The van der Waals surface area contributed by atoms with Gasteiger partial charge in [0.2, 0.25) is 0 Å².